The number of hydrogen-bond donors (Lipinski definition) is 0. The molecule has 0 amide bonds. The second-order valence-corrected chi connectivity index (χ2v) is 4.68. The van der Waals surface area contributed by atoms with E-state index in [0.29, 0.717) is 11.8 Å². The fraction of sp³-hybridized carbons (Fsp3) is 0.357. The van der Waals surface area contributed by atoms with Gasteiger partial charge in [-0.2, -0.15) is 5.10 Å². The molecule has 0 spiro atoms. The van der Waals surface area contributed by atoms with Gasteiger partial charge in [0, 0.05) is 24.5 Å². The average molecular weight is 249 g/mol. The molecule has 0 saturated carbocycles. The molecule has 2 aromatic rings. The van der Waals surface area contributed by atoms with Crippen molar-refractivity contribution in [3.05, 3.63) is 53.3 Å². The van der Waals surface area contributed by atoms with Crippen LogP contribution in [0, 0.1) is 6.92 Å². The lowest BCUT2D eigenvalue weighted by Crippen LogP contribution is -2.08. The molecule has 0 radical (unpaired) electrons. The highest BCUT2D eigenvalue weighted by Gasteiger charge is 2.13. The SMILES string of the molecule is Cc1cc(CC(CCl)c2ccccc2)n(C)n1. The molecular formula is C14H17ClN2. The van der Waals surface area contributed by atoms with E-state index < -0.39 is 0 Å². The van der Waals surface area contributed by atoms with Gasteiger partial charge in [0.2, 0.25) is 0 Å². The van der Waals surface area contributed by atoms with Crippen molar-refractivity contribution in [1.29, 1.82) is 0 Å². The molecule has 0 aliphatic rings. The van der Waals surface area contributed by atoms with Gasteiger partial charge >= 0.3 is 0 Å². The van der Waals surface area contributed by atoms with Crippen LogP contribution in [0.2, 0.25) is 0 Å². The van der Waals surface area contributed by atoms with Crippen LogP contribution in [-0.2, 0) is 13.5 Å². The molecule has 2 rings (SSSR count). The van der Waals surface area contributed by atoms with Gasteiger partial charge in [0.25, 0.3) is 0 Å². The van der Waals surface area contributed by atoms with Crippen LogP contribution < -0.4 is 0 Å². The topological polar surface area (TPSA) is 17.8 Å². The van der Waals surface area contributed by atoms with Crippen LogP contribution in [0.15, 0.2) is 36.4 Å². The minimum Gasteiger partial charge on any atom is -0.272 e. The molecule has 1 aromatic heterocycles. The molecule has 0 saturated heterocycles. The Morgan fingerprint density at radius 3 is 2.53 bits per heavy atom. The largest absolute Gasteiger partial charge is 0.272 e. The van der Waals surface area contributed by atoms with Crippen molar-refractivity contribution in [2.45, 2.75) is 19.3 Å². The second-order valence-electron chi connectivity index (χ2n) is 4.37. The second kappa shape index (κ2) is 5.37. The predicted octanol–water partition coefficient (Wildman–Crippen LogP) is 3.29. The lowest BCUT2D eigenvalue weighted by atomic mass is 9.96. The van der Waals surface area contributed by atoms with Gasteiger partial charge in [-0.1, -0.05) is 30.3 Å². The molecule has 1 unspecified atom stereocenters. The summed E-state index contributed by atoms with van der Waals surface area (Å²) in [6.45, 7) is 2.02. The monoisotopic (exact) mass is 248 g/mol. The molecule has 3 heteroatoms. The minimum atomic E-state index is 0.354. The Kier molecular flexibility index (Phi) is 3.85. The number of halogens is 1. The van der Waals surface area contributed by atoms with Gasteiger partial charge in [0.15, 0.2) is 0 Å². The van der Waals surface area contributed by atoms with E-state index >= 15 is 0 Å². The molecule has 1 heterocycles. The van der Waals surface area contributed by atoms with Crippen molar-refractivity contribution in [3.63, 3.8) is 0 Å². The Morgan fingerprint density at radius 1 is 1.29 bits per heavy atom. The van der Waals surface area contributed by atoms with Gasteiger partial charge in [-0.05, 0) is 25.0 Å². The predicted molar refractivity (Wildman–Crippen MR) is 71.6 cm³/mol. The summed E-state index contributed by atoms with van der Waals surface area (Å²) >= 11 is 6.08. The van der Waals surface area contributed by atoms with E-state index in [1.54, 1.807) is 0 Å². The van der Waals surface area contributed by atoms with Gasteiger partial charge in [0.1, 0.15) is 0 Å². The lowest BCUT2D eigenvalue weighted by molar-refractivity contribution is 0.657. The highest BCUT2D eigenvalue weighted by atomic mass is 35.5. The summed E-state index contributed by atoms with van der Waals surface area (Å²) in [6, 6.07) is 12.5. The quantitative estimate of drug-likeness (QED) is 0.760. The van der Waals surface area contributed by atoms with Gasteiger partial charge in [-0.25, -0.2) is 0 Å². The highest BCUT2D eigenvalue weighted by Crippen LogP contribution is 2.22. The molecule has 90 valence electrons. The van der Waals surface area contributed by atoms with E-state index in [9.17, 15) is 0 Å². The van der Waals surface area contributed by atoms with Crippen LogP contribution >= 0.6 is 11.6 Å². The first-order valence-electron chi connectivity index (χ1n) is 5.81. The fourth-order valence-corrected chi connectivity index (χ4v) is 2.38. The first kappa shape index (κ1) is 12.2. The molecule has 0 N–H and O–H groups in total. The third-order valence-electron chi connectivity index (χ3n) is 3.01. The highest BCUT2D eigenvalue weighted by molar-refractivity contribution is 6.18. The zero-order chi connectivity index (χ0) is 12.3. The van der Waals surface area contributed by atoms with Gasteiger partial charge < -0.3 is 0 Å². The number of hydrogen-bond acceptors (Lipinski definition) is 1. The smallest absolute Gasteiger partial charge is 0.0596 e. The number of nitrogens with zero attached hydrogens (tertiary/aromatic N) is 2. The molecular weight excluding hydrogens is 232 g/mol. The summed E-state index contributed by atoms with van der Waals surface area (Å²) in [7, 11) is 1.98. The molecule has 2 nitrogen and oxygen atoms in total. The van der Waals surface area contributed by atoms with Crippen LogP contribution in [0.1, 0.15) is 22.9 Å². The fourth-order valence-electron chi connectivity index (χ4n) is 2.09. The van der Waals surface area contributed by atoms with E-state index in [1.807, 2.05) is 24.7 Å². The normalized spacial score (nSPS) is 12.6. The molecule has 1 aromatic carbocycles. The number of benzene rings is 1. The maximum absolute atomic E-state index is 6.08. The molecule has 17 heavy (non-hydrogen) atoms. The number of aromatic nitrogens is 2. The van der Waals surface area contributed by atoms with Crippen LogP contribution in [0.5, 0.6) is 0 Å². The van der Waals surface area contributed by atoms with Crippen molar-refractivity contribution < 1.29 is 0 Å². The Bertz CT molecular complexity index is 476. The maximum Gasteiger partial charge on any atom is 0.0596 e. The average Bonchev–Trinajstić information content (AvgIpc) is 2.66. The van der Waals surface area contributed by atoms with Crippen LogP contribution in [-0.4, -0.2) is 15.7 Å². The van der Waals surface area contributed by atoms with Gasteiger partial charge in [0.05, 0.1) is 5.69 Å². The Hall–Kier alpha value is -1.28. The van der Waals surface area contributed by atoms with Crippen LogP contribution in [0.4, 0.5) is 0 Å². The van der Waals surface area contributed by atoms with Gasteiger partial charge in [-0.3, -0.25) is 4.68 Å². The minimum absolute atomic E-state index is 0.354. The Balaban J connectivity index is 2.18. The third-order valence-corrected chi connectivity index (χ3v) is 3.38. The third kappa shape index (κ3) is 2.89. The number of rotatable bonds is 4. The molecule has 0 fully saturated rings. The van der Waals surface area contributed by atoms with Crippen LogP contribution in [0.3, 0.4) is 0 Å². The first-order valence-corrected chi connectivity index (χ1v) is 6.34. The zero-order valence-electron chi connectivity index (χ0n) is 10.2. The van der Waals surface area contributed by atoms with Gasteiger partial charge in [-0.15, -0.1) is 11.6 Å². The van der Waals surface area contributed by atoms with Crippen molar-refractivity contribution in [2.24, 2.45) is 7.05 Å². The summed E-state index contributed by atoms with van der Waals surface area (Å²) in [5.41, 5.74) is 3.59. The van der Waals surface area contributed by atoms with E-state index in [0.717, 1.165) is 12.1 Å². The first-order chi connectivity index (χ1) is 8.20. The number of alkyl halides is 1. The summed E-state index contributed by atoms with van der Waals surface area (Å²) in [6.07, 6.45) is 0.935. The summed E-state index contributed by atoms with van der Waals surface area (Å²) in [4.78, 5) is 0. The molecule has 0 bridgehead atoms. The molecule has 0 aliphatic carbocycles. The maximum atomic E-state index is 6.08. The van der Waals surface area contributed by atoms with Crippen molar-refractivity contribution >= 4 is 11.6 Å². The lowest BCUT2D eigenvalue weighted by Gasteiger charge is -2.14. The summed E-state index contributed by atoms with van der Waals surface area (Å²) in [5, 5.41) is 4.37. The Labute approximate surface area is 107 Å². The van der Waals surface area contributed by atoms with E-state index in [-0.39, 0.29) is 0 Å². The summed E-state index contributed by atoms with van der Waals surface area (Å²) < 4.78 is 1.94. The van der Waals surface area contributed by atoms with Crippen molar-refractivity contribution in [1.82, 2.24) is 9.78 Å². The van der Waals surface area contributed by atoms with E-state index in [4.69, 9.17) is 11.6 Å². The van der Waals surface area contributed by atoms with Crippen molar-refractivity contribution in [2.75, 3.05) is 5.88 Å². The van der Waals surface area contributed by atoms with E-state index in [2.05, 4.69) is 35.4 Å². The molecule has 0 aliphatic heterocycles. The molecule has 1 atom stereocenters. The standard InChI is InChI=1S/C14H17ClN2/c1-11-8-14(17(2)16-11)9-13(10-15)12-6-4-3-5-7-12/h3-8,13H,9-10H2,1-2H3. The Morgan fingerprint density at radius 2 is 2.00 bits per heavy atom. The summed E-state index contributed by atoms with van der Waals surface area (Å²) in [5.74, 6) is 0.987. The van der Waals surface area contributed by atoms with Crippen LogP contribution in [0.25, 0.3) is 0 Å². The zero-order valence-corrected chi connectivity index (χ0v) is 11.0. The van der Waals surface area contributed by atoms with E-state index in [1.165, 1.54) is 11.3 Å². The number of aryl methyl sites for hydroxylation is 2. The van der Waals surface area contributed by atoms with Crippen molar-refractivity contribution in [3.8, 4) is 0 Å².